The highest BCUT2D eigenvalue weighted by molar-refractivity contribution is 7.99. The minimum atomic E-state index is -0.173. The molecule has 0 radical (unpaired) electrons. The van der Waals surface area contributed by atoms with Crippen molar-refractivity contribution in [1.29, 1.82) is 0 Å². The van der Waals surface area contributed by atoms with E-state index >= 15 is 0 Å². The Balaban J connectivity index is 2.17. The molecular weight excluding hydrogens is 268 g/mol. The summed E-state index contributed by atoms with van der Waals surface area (Å²) in [7, 11) is 0. The van der Waals surface area contributed by atoms with Crippen LogP contribution in [0.4, 0.5) is 11.4 Å². The van der Waals surface area contributed by atoms with Crippen molar-refractivity contribution in [3.8, 4) is 0 Å². The molecule has 1 heterocycles. The lowest BCUT2D eigenvalue weighted by Crippen LogP contribution is -2.34. The second kappa shape index (κ2) is 6.39. The molecule has 0 spiro atoms. The van der Waals surface area contributed by atoms with Crippen molar-refractivity contribution in [3.63, 3.8) is 0 Å². The van der Waals surface area contributed by atoms with E-state index in [1.807, 2.05) is 38.6 Å². The van der Waals surface area contributed by atoms with E-state index in [-0.39, 0.29) is 5.54 Å². The monoisotopic (exact) mass is 292 g/mol. The normalized spacial score (nSPS) is 17.1. The number of nitrogens with two attached hydrogens (primary N) is 1. The summed E-state index contributed by atoms with van der Waals surface area (Å²) in [6, 6.07) is 8.29. The van der Waals surface area contributed by atoms with Crippen molar-refractivity contribution in [1.82, 2.24) is 0 Å². The molecule has 20 heavy (non-hydrogen) atoms. The van der Waals surface area contributed by atoms with Gasteiger partial charge >= 0.3 is 0 Å². The molecule has 2 rings (SSSR count). The molecule has 3 N–H and O–H groups in total. The van der Waals surface area contributed by atoms with Gasteiger partial charge in [-0.1, -0.05) is 12.1 Å². The molecule has 4 nitrogen and oxygen atoms in total. The van der Waals surface area contributed by atoms with Gasteiger partial charge in [-0.2, -0.15) is 11.8 Å². The molecule has 0 amide bonds. The molecule has 1 aliphatic rings. The molecule has 0 aliphatic carbocycles. The standard InChI is InChI=1S/C15H24N4S/c1-15(2,3)18-14(16)17-12-6-4-5-7-13(12)19-8-10-20-11-9-19/h4-7H,8-11H2,1-3H3,(H3,16,17,18). The molecule has 1 aliphatic heterocycles. The van der Waals surface area contributed by atoms with Crippen LogP contribution in [0.3, 0.4) is 0 Å². The number of thioether (sulfide) groups is 1. The molecule has 1 aromatic rings. The largest absolute Gasteiger partial charge is 0.370 e. The number of hydrogen-bond acceptors (Lipinski definition) is 3. The SMILES string of the molecule is CC(C)(C)N=C(N)Nc1ccccc1N1CCSCC1. The van der Waals surface area contributed by atoms with Gasteiger partial charge in [0.15, 0.2) is 5.96 Å². The van der Waals surface area contributed by atoms with Crippen LogP contribution in [0.2, 0.25) is 0 Å². The predicted octanol–water partition coefficient (Wildman–Crippen LogP) is 2.76. The van der Waals surface area contributed by atoms with Gasteiger partial charge in [-0.25, -0.2) is 4.99 Å². The number of rotatable bonds is 2. The van der Waals surface area contributed by atoms with E-state index in [1.54, 1.807) is 0 Å². The molecule has 0 aromatic heterocycles. The average molecular weight is 292 g/mol. The zero-order valence-electron chi connectivity index (χ0n) is 12.5. The number of nitrogens with one attached hydrogen (secondary N) is 1. The Morgan fingerprint density at radius 3 is 2.55 bits per heavy atom. The maximum Gasteiger partial charge on any atom is 0.193 e. The van der Waals surface area contributed by atoms with Crippen molar-refractivity contribution in [2.45, 2.75) is 26.3 Å². The zero-order valence-corrected chi connectivity index (χ0v) is 13.3. The number of hydrogen-bond donors (Lipinski definition) is 2. The van der Waals surface area contributed by atoms with Gasteiger partial charge in [-0.15, -0.1) is 0 Å². The van der Waals surface area contributed by atoms with Gasteiger partial charge in [0.1, 0.15) is 0 Å². The highest BCUT2D eigenvalue weighted by Crippen LogP contribution is 2.27. The lowest BCUT2D eigenvalue weighted by atomic mass is 10.1. The van der Waals surface area contributed by atoms with Crippen LogP contribution in [-0.2, 0) is 0 Å². The minimum Gasteiger partial charge on any atom is -0.370 e. The van der Waals surface area contributed by atoms with Crippen molar-refractivity contribution in [3.05, 3.63) is 24.3 Å². The van der Waals surface area contributed by atoms with Crippen LogP contribution in [-0.4, -0.2) is 36.1 Å². The third-order valence-electron chi connectivity index (χ3n) is 2.97. The summed E-state index contributed by atoms with van der Waals surface area (Å²) in [6.07, 6.45) is 0. The fourth-order valence-corrected chi connectivity index (χ4v) is 3.09. The zero-order chi connectivity index (χ0) is 14.6. The van der Waals surface area contributed by atoms with E-state index in [4.69, 9.17) is 5.73 Å². The van der Waals surface area contributed by atoms with Crippen LogP contribution in [0, 0.1) is 0 Å². The lowest BCUT2D eigenvalue weighted by molar-refractivity contribution is 0.583. The molecule has 0 atom stereocenters. The maximum atomic E-state index is 6.01. The van der Waals surface area contributed by atoms with Crippen molar-refractivity contribution in [2.75, 3.05) is 34.8 Å². The quantitative estimate of drug-likeness (QED) is 0.650. The predicted molar refractivity (Wildman–Crippen MR) is 91.0 cm³/mol. The molecule has 1 aromatic carbocycles. The Labute approximate surface area is 125 Å². The first-order valence-electron chi connectivity index (χ1n) is 7.00. The van der Waals surface area contributed by atoms with E-state index < -0.39 is 0 Å². The number of aliphatic imine (C=N–C) groups is 1. The third kappa shape index (κ3) is 4.34. The summed E-state index contributed by atoms with van der Waals surface area (Å²) in [5.74, 6) is 2.83. The Morgan fingerprint density at radius 1 is 1.25 bits per heavy atom. The van der Waals surface area contributed by atoms with Gasteiger partial charge in [0.25, 0.3) is 0 Å². The van der Waals surface area contributed by atoms with Crippen LogP contribution < -0.4 is 16.0 Å². The van der Waals surface area contributed by atoms with Crippen molar-refractivity contribution in [2.24, 2.45) is 10.7 Å². The van der Waals surface area contributed by atoms with E-state index in [9.17, 15) is 0 Å². The van der Waals surface area contributed by atoms with Crippen molar-refractivity contribution < 1.29 is 0 Å². The summed E-state index contributed by atoms with van der Waals surface area (Å²) in [4.78, 5) is 6.86. The van der Waals surface area contributed by atoms with Gasteiger partial charge in [-0.05, 0) is 32.9 Å². The maximum absolute atomic E-state index is 6.01. The number of nitrogens with zero attached hydrogens (tertiary/aromatic N) is 2. The molecule has 5 heteroatoms. The van der Waals surface area contributed by atoms with Gasteiger partial charge in [0.05, 0.1) is 16.9 Å². The number of benzene rings is 1. The molecule has 0 saturated carbocycles. The van der Waals surface area contributed by atoms with E-state index in [1.165, 1.54) is 17.2 Å². The topological polar surface area (TPSA) is 53.6 Å². The number of para-hydroxylation sites is 2. The number of guanidine groups is 1. The first-order chi connectivity index (χ1) is 9.46. The molecule has 1 saturated heterocycles. The highest BCUT2D eigenvalue weighted by Gasteiger charge is 2.15. The van der Waals surface area contributed by atoms with Gasteiger partial charge in [0, 0.05) is 24.6 Å². The van der Waals surface area contributed by atoms with Crippen LogP contribution in [0.5, 0.6) is 0 Å². The van der Waals surface area contributed by atoms with E-state index in [0.29, 0.717) is 5.96 Å². The molecular formula is C15H24N4S. The Bertz CT molecular complexity index is 473. The Hall–Kier alpha value is -1.36. The summed E-state index contributed by atoms with van der Waals surface area (Å²) in [5, 5.41) is 3.24. The third-order valence-corrected chi connectivity index (χ3v) is 3.92. The van der Waals surface area contributed by atoms with Crippen LogP contribution in [0.1, 0.15) is 20.8 Å². The van der Waals surface area contributed by atoms with Crippen LogP contribution >= 0.6 is 11.8 Å². The van der Waals surface area contributed by atoms with Crippen molar-refractivity contribution >= 4 is 29.1 Å². The molecule has 110 valence electrons. The van der Waals surface area contributed by atoms with E-state index in [2.05, 4.69) is 33.4 Å². The van der Waals surface area contributed by atoms with Gasteiger partial charge in [0.2, 0.25) is 0 Å². The van der Waals surface area contributed by atoms with Gasteiger partial charge < -0.3 is 16.0 Å². The number of anilines is 2. The minimum absolute atomic E-state index is 0.173. The Kier molecular flexibility index (Phi) is 4.81. The van der Waals surface area contributed by atoms with E-state index in [0.717, 1.165) is 18.8 Å². The first-order valence-corrected chi connectivity index (χ1v) is 8.15. The molecule has 0 unspecified atom stereocenters. The lowest BCUT2D eigenvalue weighted by Gasteiger charge is -2.30. The highest BCUT2D eigenvalue weighted by atomic mass is 32.2. The fourth-order valence-electron chi connectivity index (χ4n) is 2.19. The summed E-state index contributed by atoms with van der Waals surface area (Å²) in [6.45, 7) is 8.28. The second-order valence-electron chi connectivity index (χ2n) is 5.91. The average Bonchev–Trinajstić information content (AvgIpc) is 2.38. The van der Waals surface area contributed by atoms with Crippen LogP contribution in [0.25, 0.3) is 0 Å². The fraction of sp³-hybridized carbons (Fsp3) is 0.533. The van der Waals surface area contributed by atoms with Crippen LogP contribution in [0.15, 0.2) is 29.3 Å². The second-order valence-corrected chi connectivity index (χ2v) is 7.13. The summed E-state index contributed by atoms with van der Waals surface area (Å²) in [5.41, 5.74) is 8.07. The smallest absolute Gasteiger partial charge is 0.193 e. The first kappa shape index (κ1) is 15.0. The molecule has 1 fully saturated rings. The Morgan fingerprint density at radius 2 is 1.90 bits per heavy atom. The van der Waals surface area contributed by atoms with Gasteiger partial charge in [-0.3, -0.25) is 0 Å². The molecule has 0 bridgehead atoms. The summed E-state index contributed by atoms with van der Waals surface area (Å²) >= 11 is 2.01. The summed E-state index contributed by atoms with van der Waals surface area (Å²) < 4.78 is 0.